The zero-order valence-electron chi connectivity index (χ0n) is 26.0. The zero-order chi connectivity index (χ0) is 32.5. The number of pyridine rings is 1. The van der Waals surface area contributed by atoms with Gasteiger partial charge in [-0.3, -0.25) is 9.10 Å². The van der Waals surface area contributed by atoms with Crippen LogP contribution >= 0.6 is 11.6 Å². The van der Waals surface area contributed by atoms with Crippen LogP contribution in [0, 0.1) is 5.82 Å². The quantitative estimate of drug-likeness (QED) is 0.260. The topological polar surface area (TPSA) is 102 Å². The number of benzene rings is 2. The molecule has 13 heteroatoms. The number of anilines is 1. The first-order valence-electron chi connectivity index (χ1n) is 14.8. The lowest BCUT2D eigenvalue weighted by Gasteiger charge is -2.32. The molecule has 0 radical (unpaired) electrons. The van der Waals surface area contributed by atoms with Gasteiger partial charge >= 0.3 is 7.12 Å². The Morgan fingerprint density at radius 3 is 2.31 bits per heavy atom. The Morgan fingerprint density at radius 2 is 1.76 bits per heavy atom. The van der Waals surface area contributed by atoms with Gasteiger partial charge in [0.05, 0.1) is 47.0 Å². The number of nitrogens with one attached hydrogen (secondary N) is 1. The number of rotatable bonds is 8. The van der Waals surface area contributed by atoms with Crippen LogP contribution in [-0.2, 0) is 25.9 Å². The number of sulfonamides is 1. The summed E-state index contributed by atoms with van der Waals surface area (Å²) in [4.78, 5) is 13.1. The average Bonchev–Trinajstić information content (AvgIpc) is 3.70. The van der Waals surface area contributed by atoms with Crippen LogP contribution in [-0.4, -0.2) is 55.6 Å². The molecular formula is C32H35BClFN4O5S. The second-order valence-electron chi connectivity index (χ2n) is 12.7. The van der Waals surface area contributed by atoms with E-state index in [1.807, 2.05) is 45.9 Å². The summed E-state index contributed by atoms with van der Waals surface area (Å²) >= 11 is 6.74. The molecule has 236 valence electrons. The molecule has 45 heavy (non-hydrogen) atoms. The molecule has 4 aromatic rings. The summed E-state index contributed by atoms with van der Waals surface area (Å²) in [6, 6.07) is 13.0. The summed E-state index contributed by atoms with van der Waals surface area (Å²) < 4.78 is 55.7. The molecule has 2 fully saturated rings. The summed E-state index contributed by atoms with van der Waals surface area (Å²) in [7, 11) is -2.91. The predicted molar refractivity (Wildman–Crippen MR) is 174 cm³/mol. The third-order valence-corrected chi connectivity index (χ3v) is 10.4. The Kier molecular flexibility index (Phi) is 7.79. The van der Waals surface area contributed by atoms with Gasteiger partial charge in [-0.05, 0) is 94.0 Å². The van der Waals surface area contributed by atoms with Gasteiger partial charge in [-0.2, -0.15) is 5.10 Å². The number of aromatic nitrogens is 2. The maximum atomic E-state index is 13.7. The molecule has 2 aromatic carbocycles. The molecule has 1 aliphatic heterocycles. The average molecular weight is 653 g/mol. The van der Waals surface area contributed by atoms with E-state index in [9.17, 15) is 17.6 Å². The summed E-state index contributed by atoms with van der Waals surface area (Å²) in [5.41, 5.74) is 3.32. The fraction of sp³-hybridized carbons (Fsp3) is 0.375. The summed E-state index contributed by atoms with van der Waals surface area (Å²) in [6.45, 7) is 7.88. The number of fused-ring (bicyclic) bond motifs is 1. The van der Waals surface area contributed by atoms with E-state index in [2.05, 4.69) is 5.32 Å². The highest BCUT2D eigenvalue weighted by Crippen LogP contribution is 2.46. The van der Waals surface area contributed by atoms with Gasteiger partial charge in [0.1, 0.15) is 11.5 Å². The molecule has 2 aliphatic rings. The molecule has 2 aromatic heterocycles. The number of hydrogen-bond donors (Lipinski definition) is 1. The van der Waals surface area contributed by atoms with E-state index in [0.29, 0.717) is 44.1 Å². The normalized spacial score (nSPS) is 17.6. The summed E-state index contributed by atoms with van der Waals surface area (Å²) in [5, 5.41) is 7.77. The van der Waals surface area contributed by atoms with E-state index < -0.39 is 34.2 Å². The van der Waals surface area contributed by atoms with Gasteiger partial charge in [-0.15, -0.1) is 0 Å². The molecular weight excluding hydrogens is 618 g/mol. The molecule has 1 saturated heterocycles. The second kappa shape index (κ2) is 11.1. The molecule has 0 bridgehead atoms. The third kappa shape index (κ3) is 5.85. The Bertz CT molecular complexity index is 1910. The molecule has 9 nitrogen and oxygen atoms in total. The molecule has 0 spiro atoms. The van der Waals surface area contributed by atoms with E-state index in [-0.39, 0.29) is 18.4 Å². The van der Waals surface area contributed by atoms with Crippen LogP contribution in [0.4, 0.5) is 10.1 Å². The standard InChI is InChI=1S/C32H35BClFN4O5S/c1-31(2)32(3,4)44-33(43-31)24-14-7-19(15-25(24)34)17-39(45(6,41)42)27-18-38-26(16-23(27)20-8-9-20)28(30(40)36-5)29(37-38)21-10-12-22(35)13-11-21/h7,10-16,18,20H,8-9,17H2,1-6H3,(H,36,40). The first-order chi connectivity index (χ1) is 21.1. The van der Waals surface area contributed by atoms with Crippen molar-refractivity contribution in [2.75, 3.05) is 17.6 Å². The Balaban J connectivity index is 1.42. The van der Waals surface area contributed by atoms with E-state index in [1.165, 1.54) is 28.0 Å². The van der Waals surface area contributed by atoms with E-state index in [0.717, 1.165) is 24.7 Å². The van der Waals surface area contributed by atoms with Crippen molar-refractivity contribution >= 4 is 51.3 Å². The molecule has 1 amide bonds. The smallest absolute Gasteiger partial charge is 0.399 e. The number of nitrogens with zero attached hydrogens (tertiary/aromatic N) is 3. The fourth-order valence-corrected chi connectivity index (χ4v) is 6.75. The van der Waals surface area contributed by atoms with Crippen LogP contribution in [0.3, 0.4) is 0 Å². The van der Waals surface area contributed by atoms with Crippen molar-refractivity contribution in [1.82, 2.24) is 14.9 Å². The maximum Gasteiger partial charge on any atom is 0.496 e. The van der Waals surface area contributed by atoms with Gasteiger partial charge in [-0.25, -0.2) is 17.3 Å². The van der Waals surface area contributed by atoms with E-state index >= 15 is 0 Å². The second-order valence-corrected chi connectivity index (χ2v) is 15.1. The minimum Gasteiger partial charge on any atom is -0.399 e. The minimum absolute atomic E-state index is 0.0157. The molecule has 3 heterocycles. The molecule has 1 N–H and O–H groups in total. The number of amides is 1. The first-order valence-corrected chi connectivity index (χ1v) is 17.0. The largest absolute Gasteiger partial charge is 0.496 e. The van der Waals surface area contributed by atoms with Gasteiger partial charge in [0.15, 0.2) is 0 Å². The Morgan fingerprint density at radius 1 is 1.11 bits per heavy atom. The number of hydrogen-bond acceptors (Lipinski definition) is 6. The van der Waals surface area contributed by atoms with Gasteiger partial charge < -0.3 is 14.6 Å². The number of halogens is 2. The Labute approximate surface area is 267 Å². The number of carbonyl (C=O) groups excluding carboxylic acids is 1. The molecule has 0 atom stereocenters. The highest BCUT2D eigenvalue weighted by atomic mass is 35.5. The van der Waals surface area contributed by atoms with Crippen molar-refractivity contribution < 1.29 is 26.9 Å². The van der Waals surface area contributed by atoms with Crippen molar-refractivity contribution in [1.29, 1.82) is 0 Å². The predicted octanol–water partition coefficient (Wildman–Crippen LogP) is 5.30. The van der Waals surface area contributed by atoms with Crippen LogP contribution in [0.5, 0.6) is 0 Å². The highest BCUT2D eigenvalue weighted by molar-refractivity contribution is 7.92. The highest BCUT2D eigenvalue weighted by Gasteiger charge is 2.52. The van der Waals surface area contributed by atoms with Crippen LogP contribution < -0.4 is 15.1 Å². The van der Waals surface area contributed by atoms with Crippen LogP contribution in [0.2, 0.25) is 5.02 Å². The maximum absolute atomic E-state index is 13.7. The molecule has 0 unspecified atom stereocenters. The third-order valence-electron chi connectivity index (χ3n) is 8.94. The Hall–Kier alpha value is -3.45. The number of carbonyl (C=O) groups is 1. The lowest BCUT2D eigenvalue weighted by molar-refractivity contribution is 0.00578. The van der Waals surface area contributed by atoms with Crippen LogP contribution in [0.15, 0.2) is 54.7 Å². The van der Waals surface area contributed by atoms with E-state index in [1.54, 1.807) is 24.4 Å². The van der Waals surface area contributed by atoms with Gasteiger partial charge in [-0.1, -0.05) is 23.7 Å². The van der Waals surface area contributed by atoms with Crippen molar-refractivity contribution in [3.8, 4) is 11.3 Å². The minimum atomic E-state index is -3.78. The van der Waals surface area contributed by atoms with Crippen LogP contribution in [0.25, 0.3) is 16.8 Å². The summed E-state index contributed by atoms with van der Waals surface area (Å²) in [5.74, 6) is -0.629. The van der Waals surface area contributed by atoms with E-state index in [4.69, 9.17) is 26.0 Å². The summed E-state index contributed by atoms with van der Waals surface area (Å²) in [6.07, 6.45) is 4.61. The molecule has 6 rings (SSSR count). The van der Waals surface area contributed by atoms with Crippen molar-refractivity contribution in [3.63, 3.8) is 0 Å². The lowest BCUT2D eigenvalue weighted by atomic mass is 9.78. The van der Waals surface area contributed by atoms with Crippen LogP contribution in [0.1, 0.15) is 67.9 Å². The van der Waals surface area contributed by atoms with Gasteiger partial charge in [0.25, 0.3) is 5.91 Å². The molecule has 1 saturated carbocycles. The van der Waals surface area contributed by atoms with Crippen molar-refractivity contribution in [3.05, 3.63) is 82.3 Å². The molecule has 1 aliphatic carbocycles. The van der Waals surface area contributed by atoms with Gasteiger partial charge in [0, 0.05) is 23.1 Å². The first kappa shape index (κ1) is 31.5. The SMILES string of the molecule is CNC(=O)c1c(-c2ccc(F)cc2)nn2cc(N(Cc3ccc(B4OC(C)(C)C(C)(C)O4)c(Cl)c3)S(C)(=O)=O)c(C3CC3)cc12. The monoisotopic (exact) mass is 652 g/mol. The zero-order valence-corrected chi connectivity index (χ0v) is 27.6. The van der Waals surface area contributed by atoms with Crippen molar-refractivity contribution in [2.45, 2.75) is 64.2 Å². The van der Waals surface area contributed by atoms with Gasteiger partial charge in [0.2, 0.25) is 10.0 Å². The van der Waals surface area contributed by atoms with Crippen molar-refractivity contribution in [2.24, 2.45) is 0 Å². The lowest BCUT2D eigenvalue weighted by Crippen LogP contribution is -2.41. The fourth-order valence-electron chi connectivity index (χ4n) is 5.56.